The van der Waals surface area contributed by atoms with Crippen molar-refractivity contribution in [3.05, 3.63) is 119 Å². The van der Waals surface area contributed by atoms with Crippen LogP contribution in [-0.2, 0) is 13.1 Å². The van der Waals surface area contributed by atoms with E-state index in [1.165, 1.54) is 30.6 Å². The van der Waals surface area contributed by atoms with Gasteiger partial charge in [0.1, 0.15) is 24.3 Å². The van der Waals surface area contributed by atoms with Crippen LogP contribution in [0.25, 0.3) is 0 Å². The SMILES string of the molecule is CCC(c1ccc(F)cc1)N(Cc1cccc(F)c1)C(=O)c1ccc(Cn2cncn2)cc1. The number of rotatable bonds is 8. The van der Waals surface area contributed by atoms with Gasteiger partial charge < -0.3 is 4.90 Å². The smallest absolute Gasteiger partial charge is 0.254 e. The monoisotopic (exact) mass is 446 g/mol. The molecule has 4 aromatic rings. The predicted octanol–water partition coefficient (Wildman–Crippen LogP) is 5.40. The largest absolute Gasteiger partial charge is 0.327 e. The van der Waals surface area contributed by atoms with E-state index in [4.69, 9.17) is 0 Å². The summed E-state index contributed by atoms with van der Waals surface area (Å²) in [7, 11) is 0. The van der Waals surface area contributed by atoms with Gasteiger partial charge in [-0.25, -0.2) is 18.4 Å². The summed E-state index contributed by atoms with van der Waals surface area (Å²) in [6.07, 6.45) is 3.73. The molecule has 0 aliphatic carbocycles. The van der Waals surface area contributed by atoms with Crippen molar-refractivity contribution in [2.24, 2.45) is 0 Å². The van der Waals surface area contributed by atoms with Gasteiger partial charge in [-0.05, 0) is 59.5 Å². The van der Waals surface area contributed by atoms with Crippen LogP contribution in [0.1, 0.15) is 46.4 Å². The second kappa shape index (κ2) is 10.2. The third-order valence-electron chi connectivity index (χ3n) is 5.53. The Morgan fingerprint density at radius 3 is 2.36 bits per heavy atom. The molecule has 5 nitrogen and oxygen atoms in total. The summed E-state index contributed by atoms with van der Waals surface area (Å²) in [5, 5.41) is 4.10. The van der Waals surface area contributed by atoms with Crippen LogP contribution in [0.15, 0.2) is 85.5 Å². The van der Waals surface area contributed by atoms with Crippen LogP contribution in [0, 0.1) is 11.6 Å². The predicted molar refractivity (Wildman–Crippen MR) is 121 cm³/mol. The summed E-state index contributed by atoms with van der Waals surface area (Å²) < 4.78 is 29.0. The van der Waals surface area contributed by atoms with Crippen LogP contribution < -0.4 is 0 Å². The van der Waals surface area contributed by atoms with Crippen molar-refractivity contribution in [1.82, 2.24) is 19.7 Å². The number of aromatic nitrogens is 3. The molecule has 0 radical (unpaired) electrons. The molecule has 0 saturated heterocycles. The molecule has 0 aliphatic rings. The molecule has 0 aliphatic heterocycles. The van der Waals surface area contributed by atoms with E-state index in [0.717, 1.165) is 11.1 Å². The summed E-state index contributed by atoms with van der Waals surface area (Å²) in [5.41, 5.74) is 3.02. The molecule has 1 heterocycles. The van der Waals surface area contributed by atoms with Gasteiger partial charge in [-0.2, -0.15) is 5.10 Å². The van der Waals surface area contributed by atoms with Crippen LogP contribution in [0.3, 0.4) is 0 Å². The highest BCUT2D eigenvalue weighted by Crippen LogP contribution is 2.28. The Kier molecular flexibility index (Phi) is 6.88. The standard InChI is InChI=1S/C26H24F2N4O/c1-2-25(21-10-12-23(27)13-11-21)32(16-20-4-3-5-24(28)14-20)26(33)22-8-6-19(7-9-22)15-31-18-29-17-30-31/h3-14,17-18,25H,2,15-16H2,1H3. The molecule has 0 N–H and O–H groups in total. The molecule has 168 valence electrons. The zero-order valence-electron chi connectivity index (χ0n) is 18.2. The first-order valence-electron chi connectivity index (χ1n) is 10.8. The fourth-order valence-corrected chi connectivity index (χ4v) is 3.90. The van der Waals surface area contributed by atoms with E-state index in [0.29, 0.717) is 24.1 Å². The summed E-state index contributed by atoms with van der Waals surface area (Å²) in [4.78, 5) is 19.3. The zero-order valence-corrected chi connectivity index (χ0v) is 18.2. The Bertz CT molecular complexity index is 1190. The average Bonchev–Trinajstić information content (AvgIpc) is 3.33. The molecule has 7 heteroatoms. The molecule has 0 fully saturated rings. The fourth-order valence-electron chi connectivity index (χ4n) is 3.90. The maximum Gasteiger partial charge on any atom is 0.254 e. The van der Waals surface area contributed by atoms with Gasteiger partial charge in [0.05, 0.1) is 12.6 Å². The lowest BCUT2D eigenvalue weighted by molar-refractivity contribution is 0.0652. The lowest BCUT2D eigenvalue weighted by atomic mass is 10.00. The number of hydrogen-bond donors (Lipinski definition) is 0. The van der Waals surface area contributed by atoms with Gasteiger partial charge in [0.25, 0.3) is 5.91 Å². The molecule has 0 saturated carbocycles. The summed E-state index contributed by atoms with van der Waals surface area (Å²) in [6.45, 7) is 2.75. The maximum absolute atomic E-state index is 13.8. The lowest BCUT2D eigenvalue weighted by Crippen LogP contribution is -2.34. The number of carbonyl (C=O) groups is 1. The van der Waals surface area contributed by atoms with Crippen molar-refractivity contribution in [3.8, 4) is 0 Å². The molecular weight excluding hydrogens is 422 g/mol. The molecule has 1 atom stereocenters. The average molecular weight is 447 g/mol. The minimum Gasteiger partial charge on any atom is -0.327 e. The van der Waals surface area contributed by atoms with E-state index in [1.54, 1.807) is 52.3 Å². The molecule has 33 heavy (non-hydrogen) atoms. The van der Waals surface area contributed by atoms with E-state index < -0.39 is 0 Å². The summed E-state index contributed by atoms with van der Waals surface area (Å²) >= 11 is 0. The van der Waals surface area contributed by atoms with E-state index in [2.05, 4.69) is 10.1 Å². The van der Waals surface area contributed by atoms with Gasteiger partial charge in [0.15, 0.2) is 0 Å². The molecule has 1 amide bonds. The molecule has 0 spiro atoms. The first-order chi connectivity index (χ1) is 16.0. The van der Waals surface area contributed by atoms with Gasteiger partial charge in [-0.3, -0.25) is 4.79 Å². The lowest BCUT2D eigenvalue weighted by Gasteiger charge is -2.32. The first kappa shape index (κ1) is 22.3. The molecule has 4 rings (SSSR count). The number of nitrogens with zero attached hydrogens (tertiary/aromatic N) is 4. The second-order valence-corrected chi connectivity index (χ2v) is 7.83. The van der Waals surface area contributed by atoms with Crippen molar-refractivity contribution in [2.75, 3.05) is 0 Å². The topological polar surface area (TPSA) is 51.0 Å². The highest BCUT2D eigenvalue weighted by atomic mass is 19.1. The van der Waals surface area contributed by atoms with Crippen molar-refractivity contribution < 1.29 is 13.6 Å². The minimum absolute atomic E-state index is 0.178. The molecule has 3 aromatic carbocycles. The van der Waals surface area contributed by atoms with Crippen molar-refractivity contribution in [1.29, 1.82) is 0 Å². The number of amides is 1. The maximum atomic E-state index is 13.8. The van der Waals surface area contributed by atoms with E-state index in [1.807, 2.05) is 19.1 Å². The van der Waals surface area contributed by atoms with Crippen molar-refractivity contribution in [3.63, 3.8) is 0 Å². The summed E-state index contributed by atoms with van der Waals surface area (Å²) in [6, 6.07) is 19.4. The molecule has 0 bridgehead atoms. The van der Waals surface area contributed by atoms with Gasteiger partial charge in [0, 0.05) is 12.1 Å². The Morgan fingerprint density at radius 1 is 0.970 bits per heavy atom. The third kappa shape index (κ3) is 5.49. The van der Waals surface area contributed by atoms with Crippen LogP contribution in [0.5, 0.6) is 0 Å². The Hall–Kier alpha value is -3.87. The Morgan fingerprint density at radius 2 is 1.73 bits per heavy atom. The minimum atomic E-state index is -0.354. The van der Waals surface area contributed by atoms with Gasteiger partial charge >= 0.3 is 0 Å². The first-order valence-corrected chi connectivity index (χ1v) is 10.8. The number of hydrogen-bond acceptors (Lipinski definition) is 3. The van der Waals surface area contributed by atoms with Gasteiger partial charge in [-0.1, -0.05) is 43.3 Å². The molecule has 1 unspecified atom stereocenters. The van der Waals surface area contributed by atoms with Crippen molar-refractivity contribution >= 4 is 5.91 Å². The quantitative estimate of drug-likeness (QED) is 0.364. The Labute approximate surface area is 191 Å². The van der Waals surface area contributed by atoms with E-state index in [9.17, 15) is 13.6 Å². The van der Waals surface area contributed by atoms with Crippen LogP contribution in [0.4, 0.5) is 8.78 Å². The fraction of sp³-hybridized carbons (Fsp3) is 0.192. The van der Waals surface area contributed by atoms with Crippen LogP contribution >= 0.6 is 0 Å². The Balaban J connectivity index is 1.63. The normalized spacial score (nSPS) is 11.8. The van der Waals surface area contributed by atoms with Gasteiger partial charge in [-0.15, -0.1) is 0 Å². The second-order valence-electron chi connectivity index (χ2n) is 7.83. The highest BCUT2D eigenvalue weighted by molar-refractivity contribution is 5.94. The van der Waals surface area contributed by atoms with Crippen LogP contribution in [0.2, 0.25) is 0 Å². The highest BCUT2D eigenvalue weighted by Gasteiger charge is 2.25. The number of halogens is 2. The number of benzene rings is 3. The third-order valence-corrected chi connectivity index (χ3v) is 5.53. The van der Waals surface area contributed by atoms with Crippen molar-refractivity contribution in [2.45, 2.75) is 32.5 Å². The van der Waals surface area contributed by atoms with Crippen LogP contribution in [-0.4, -0.2) is 25.6 Å². The zero-order chi connectivity index (χ0) is 23.2. The van der Waals surface area contributed by atoms with E-state index in [-0.39, 0.29) is 30.1 Å². The molecule has 1 aromatic heterocycles. The number of carbonyl (C=O) groups excluding carboxylic acids is 1. The van der Waals surface area contributed by atoms with Gasteiger partial charge in [0.2, 0.25) is 0 Å². The van der Waals surface area contributed by atoms with E-state index >= 15 is 0 Å². The molecular formula is C26H24F2N4O. The summed E-state index contributed by atoms with van der Waals surface area (Å²) in [5.74, 6) is -0.866.